The van der Waals surface area contributed by atoms with Gasteiger partial charge in [-0.05, 0) is 43.3 Å². The van der Waals surface area contributed by atoms with Crippen molar-refractivity contribution in [2.45, 2.75) is 6.92 Å². The number of aliphatic imine (C=N–C) groups is 1. The molecular formula is C21H21N5O4. The standard InChI is InChI=1S/C21H21N5O4/c1-13-10-15-11-16(3-5-18(15)30-13)24-21(22)25-19(27)14-2-4-17(23-12-14)20(28)26-6-8-29-9-7-26/h2-5,10-12H,6-9H2,1H3,(H3,22,24,25,27). The number of nitrogens with zero attached hydrogens (tertiary/aromatic N) is 3. The number of rotatable bonds is 3. The fourth-order valence-electron chi connectivity index (χ4n) is 3.17. The fourth-order valence-corrected chi connectivity index (χ4v) is 3.17. The number of pyridine rings is 1. The number of carbonyl (C=O) groups is 2. The summed E-state index contributed by atoms with van der Waals surface area (Å²) in [6, 6.07) is 10.3. The van der Waals surface area contributed by atoms with Gasteiger partial charge in [0.15, 0.2) is 0 Å². The molecule has 1 saturated heterocycles. The Morgan fingerprint density at radius 1 is 1.17 bits per heavy atom. The Bertz CT molecular complexity index is 1110. The molecular weight excluding hydrogens is 386 g/mol. The molecule has 9 heteroatoms. The van der Waals surface area contributed by atoms with E-state index in [1.54, 1.807) is 17.0 Å². The number of furan rings is 1. The van der Waals surface area contributed by atoms with Crippen molar-refractivity contribution >= 4 is 34.4 Å². The lowest BCUT2D eigenvalue weighted by molar-refractivity contribution is 0.0299. The number of morpholine rings is 1. The first kappa shape index (κ1) is 19.6. The summed E-state index contributed by atoms with van der Waals surface area (Å²) >= 11 is 0. The third-order valence-electron chi connectivity index (χ3n) is 4.66. The van der Waals surface area contributed by atoms with Crippen LogP contribution in [-0.2, 0) is 4.74 Å². The average Bonchev–Trinajstić information content (AvgIpc) is 3.13. The van der Waals surface area contributed by atoms with Crippen LogP contribution in [0.15, 0.2) is 52.0 Å². The minimum Gasteiger partial charge on any atom is -0.461 e. The van der Waals surface area contributed by atoms with E-state index >= 15 is 0 Å². The van der Waals surface area contributed by atoms with Crippen LogP contribution in [-0.4, -0.2) is 54.0 Å². The number of nitrogens with one attached hydrogen (secondary N) is 1. The molecule has 2 amide bonds. The molecule has 30 heavy (non-hydrogen) atoms. The average molecular weight is 407 g/mol. The molecule has 154 valence electrons. The molecule has 1 aliphatic rings. The molecule has 3 N–H and O–H groups in total. The second kappa shape index (κ2) is 8.34. The number of guanidine groups is 1. The van der Waals surface area contributed by atoms with E-state index in [0.717, 1.165) is 16.7 Å². The molecule has 4 rings (SSSR count). The summed E-state index contributed by atoms with van der Waals surface area (Å²) < 4.78 is 10.8. The molecule has 0 aliphatic carbocycles. The number of aromatic nitrogens is 1. The van der Waals surface area contributed by atoms with E-state index in [2.05, 4.69) is 15.3 Å². The van der Waals surface area contributed by atoms with Gasteiger partial charge in [0.2, 0.25) is 5.96 Å². The van der Waals surface area contributed by atoms with Gasteiger partial charge in [0.25, 0.3) is 11.8 Å². The van der Waals surface area contributed by atoms with Crippen molar-refractivity contribution < 1.29 is 18.7 Å². The first-order chi connectivity index (χ1) is 14.5. The van der Waals surface area contributed by atoms with Gasteiger partial charge in [-0.15, -0.1) is 0 Å². The SMILES string of the molecule is Cc1cc2cc(N=C(N)NC(=O)c3ccc(C(=O)N4CCOCC4)nc3)ccc2o1. The Morgan fingerprint density at radius 3 is 2.70 bits per heavy atom. The maximum Gasteiger partial charge on any atom is 0.272 e. The first-order valence-electron chi connectivity index (χ1n) is 9.48. The Morgan fingerprint density at radius 2 is 1.97 bits per heavy atom. The minimum atomic E-state index is -0.464. The highest BCUT2D eigenvalue weighted by molar-refractivity contribution is 6.06. The van der Waals surface area contributed by atoms with Crippen LogP contribution in [0.2, 0.25) is 0 Å². The maximum atomic E-state index is 12.4. The molecule has 1 fully saturated rings. The number of ether oxygens (including phenoxy) is 1. The van der Waals surface area contributed by atoms with Gasteiger partial charge in [0, 0.05) is 24.7 Å². The summed E-state index contributed by atoms with van der Waals surface area (Å²) in [5, 5.41) is 3.42. The van der Waals surface area contributed by atoms with E-state index in [0.29, 0.717) is 32.0 Å². The Kier molecular flexibility index (Phi) is 5.44. The van der Waals surface area contributed by atoms with Gasteiger partial charge in [-0.25, -0.2) is 4.99 Å². The maximum absolute atomic E-state index is 12.4. The molecule has 3 heterocycles. The predicted octanol–water partition coefficient (Wildman–Crippen LogP) is 1.98. The van der Waals surface area contributed by atoms with Crippen molar-refractivity contribution in [2.75, 3.05) is 26.3 Å². The first-order valence-corrected chi connectivity index (χ1v) is 9.48. The van der Waals surface area contributed by atoms with Crippen LogP contribution in [0.5, 0.6) is 0 Å². The molecule has 0 saturated carbocycles. The van der Waals surface area contributed by atoms with Gasteiger partial charge in [0.05, 0.1) is 24.5 Å². The minimum absolute atomic E-state index is 0.0481. The third kappa shape index (κ3) is 4.31. The molecule has 0 radical (unpaired) electrons. The number of hydrogen-bond acceptors (Lipinski definition) is 6. The summed E-state index contributed by atoms with van der Waals surface area (Å²) in [5.74, 6) is 0.106. The zero-order valence-corrected chi connectivity index (χ0v) is 16.4. The molecule has 1 aromatic carbocycles. The zero-order chi connectivity index (χ0) is 21.1. The Balaban J connectivity index is 1.42. The molecule has 0 bridgehead atoms. The smallest absolute Gasteiger partial charge is 0.272 e. The van der Waals surface area contributed by atoms with Crippen LogP contribution in [0.25, 0.3) is 11.0 Å². The highest BCUT2D eigenvalue weighted by Crippen LogP contribution is 2.24. The van der Waals surface area contributed by atoms with Crippen molar-refractivity contribution in [2.24, 2.45) is 10.7 Å². The van der Waals surface area contributed by atoms with Crippen LogP contribution in [0.1, 0.15) is 26.6 Å². The Labute approximate surface area is 172 Å². The molecule has 3 aromatic rings. The highest BCUT2D eigenvalue weighted by atomic mass is 16.5. The number of carbonyl (C=O) groups excluding carboxylic acids is 2. The summed E-state index contributed by atoms with van der Waals surface area (Å²) in [6.07, 6.45) is 1.34. The van der Waals surface area contributed by atoms with E-state index in [9.17, 15) is 9.59 Å². The number of hydrogen-bond donors (Lipinski definition) is 2. The van der Waals surface area contributed by atoms with Gasteiger partial charge in [-0.3, -0.25) is 19.9 Å². The number of benzene rings is 1. The molecule has 0 unspecified atom stereocenters. The van der Waals surface area contributed by atoms with Gasteiger partial charge in [-0.1, -0.05) is 0 Å². The molecule has 9 nitrogen and oxygen atoms in total. The van der Waals surface area contributed by atoms with Crippen LogP contribution in [0.3, 0.4) is 0 Å². The lowest BCUT2D eigenvalue weighted by Gasteiger charge is -2.26. The van der Waals surface area contributed by atoms with Crippen molar-refractivity contribution in [3.05, 3.63) is 59.6 Å². The normalized spacial score (nSPS) is 14.7. The highest BCUT2D eigenvalue weighted by Gasteiger charge is 2.20. The summed E-state index contributed by atoms with van der Waals surface area (Å²) in [7, 11) is 0. The summed E-state index contributed by atoms with van der Waals surface area (Å²) in [5.41, 5.74) is 7.76. The van der Waals surface area contributed by atoms with Gasteiger partial charge >= 0.3 is 0 Å². The second-order valence-corrected chi connectivity index (χ2v) is 6.87. The van der Waals surface area contributed by atoms with Crippen LogP contribution in [0, 0.1) is 6.92 Å². The van der Waals surface area contributed by atoms with E-state index in [1.165, 1.54) is 18.3 Å². The molecule has 0 spiro atoms. The van der Waals surface area contributed by atoms with Crippen molar-refractivity contribution in [3.63, 3.8) is 0 Å². The fraction of sp³-hybridized carbons (Fsp3) is 0.238. The second-order valence-electron chi connectivity index (χ2n) is 6.87. The lowest BCUT2D eigenvalue weighted by atomic mass is 10.2. The third-order valence-corrected chi connectivity index (χ3v) is 4.66. The monoisotopic (exact) mass is 407 g/mol. The largest absolute Gasteiger partial charge is 0.461 e. The summed E-state index contributed by atoms with van der Waals surface area (Å²) in [6.45, 7) is 3.95. The van der Waals surface area contributed by atoms with Crippen LogP contribution < -0.4 is 11.1 Å². The van der Waals surface area contributed by atoms with Crippen LogP contribution >= 0.6 is 0 Å². The van der Waals surface area contributed by atoms with Gasteiger partial charge < -0.3 is 19.8 Å². The van der Waals surface area contributed by atoms with E-state index < -0.39 is 5.91 Å². The van der Waals surface area contributed by atoms with E-state index in [1.807, 2.05) is 19.1 Å². The molecule has 2 aromatic heterocycles. The lowest BCUT2D eigenvalue weighted by Crippen LogP contribution is -2.41. The topological polar surface area (TPSA) is 123 Å². The van der Waals surface area contributed by atoms with Crippen molar-refractivity contribution in [1.82, 2.24) is 15.2 Å². The Hall–Kier alpha value is -3.72. The number of nitrogens with two attached hydrogens (primary N) is 1. The zero-order valence-electron chi connectivity index (χ0n) is 16.4. The van der Waals surface area contributed by atoms with Crippen LogP contribution in [0.4, 0.5) is 5.69 Å². The summed E-state index contributed by atoms with van der Waals surface area (Å²) in [4.78, 5) is 34.8. The number of aryl methyl sites for hydroxylation is 1. The van der Waals surface area contributed by atoms with Gasteiger partial charge in [-0.2, -0.15) is 0 Å². The van der Waals surface area contributed by atoms with Gasteiger partial charge in [0.1, 0.15) is 17.0 Å². The predicted molar refractivity (Wildman–Crippen MR) is 111 cm³/mol. The molecule has 1 aliphatic heterocycles. The van der Waals surface area contributed by atoms with Crippen molar-refractivity contribution in [3.8, 4) is 0 Å². The van der Waals surface area contributed by atoms with Crippen molar-refractivity contribution in [1.29, 1.82) is 0 Å². The molecule has 0 atom stereocenters. The van der Waals surface area contributed by atoms with E-state index in [-0.39, 0.29) is 23.1 Å². The number of fused-ring (bicyclic) bond motifs is 1. The van der Waals surface area contributed by atoms with E-state index in [4.69, 9.17) is 14.9 Å². The number of amides is 2. The quantitative estimate of drug-likeness (QED) is 0.506.